The lowest BCUT2D eigenvalue weighted by Gasteiger charge is -2.08. The number of carbonyl (C=O) groups is 1. The molecule has 0 fully saturated rings. The van der Waals surface area contributed by atoms with Crippen molar-refractivity contribution in [1.29, 1.82) is 0 Å². The van der Waals surface area contributed by atoms with E-state index in [9.17, 15) is 22.2 Å². The summed E-state index contributed by atoms with van der Waals surface area (Å²) in [6.07, 6.45) is -5.68. The summed E-state index contributed by atoms with van der Waals surface area (Å²) in [5.41, 5.74) is 0. The van der Waals surface area contributed by atoms with Crippen LogP contribution in [0.2, 0.25) is 0 Å². The monoisotopic (exact) mass is 247 g/mol. The largest absolute Gasteiger partial charge is 0.440 e. The van der Waals surface area contributed by atoms with Crippen LogP contribution >= 0.6 is 0 Å². The fraction of sp³-hybridized carbons (Fsp3) is 0.857. The Labute approximate surface area is 87.6 Å². The molecule has 1 unspecified atom stereocenters. The molecule has 0 aromatic heterocycles. The van der Waals surface area contributed by atoms with E-state index in [0.717, 1.165) is 0 Å². The predicted octanol–water partition coefficient (Wildman–Crippen LogP) is 1.04. The van der Waals surface area contributed by atoms with E-state index < -0.39 is 29.7 Å². The Morgan fingerprint density at radius 2 is 2.07 bits per heavy atom. The summed E-state index contributed by atoms with van der Waals surface area (Å²) in [5.74, 6) is 0.650. The highest BCUT2D eigenvalue weighted by atomic mass is 32.2. The molecular formula is C7H12F3NO3S. The SMILES string of the molecule is CCS(=O)CCNC(=O)OCC(F)(F)F. The molecule has 0 aromatic carbocycles. The predicted molar refractivity (Wildman–Crippen MR) is 49.0 cm³/mol. The molecule has 0 bridgehead atoms. The van der Waals surface area contributed by atoms with Crippen LogP contribution in [0.25, 0.3) is 0 Å². The van der Waals surface area contributed by atoms with Gasteiger partial charge in [-0.1, -0.05) is 6.92 Å². The smallest absolute Gasteiger partial charge is 0.422 e. The molecule has 0 heterocycles. The second-order valence-corrected chi connectivity index (χ2v) is 4.42. The second kappa shape index (κ2) is 6.65. The van der Waals surface area contributed by atoms with Gasteiger partial charge in [0.05, 0.1) is 0 Å². The molecule has 15 heavy (non-hydrogen) atoms. The maximum Gasteiger partial charge on any atom is 0.422 e. The van der Waals surface area contributed by atoms with Crippen molar-refractivity contribution in [3.05, 3.63) is 0 Å². The van der Waals surface area contributed by atoms with E-state index >= 15 is 0 Å². The minimum Gasteiger partial charge on any atom is -0.440 e. The van der Waals surface area contributed by atoms with E-state index in [1.165, 1.54) is 0 Å². The Hall–Kier alpha value is -0.790. The van der Waals surface area contributed by atoms with Crippen LogP contribution < -0.4 is 5.32 Å². The van der Waals surface area contributed by atoms with Gasteiger partial charge in [-0.25, -0.2) is 4.79 Å². The molecule has 1 amide bonds. The van der Waals surface area contributed by atoms with Crippen LogP contribution in [0.15, 0.2) is 0 Å². The standard InChI is InChI=1S/C7H12F3NO3S/c1-2-15(13)4-3-11-6(12)14-5-7(8,9)10/h2-5H2,1H3,(H,11,12). The molecule has 8 heteroatoms. The third-order valence-corrected chi connectivity index (χ3v) is 2.59. The number of hydrogen-bond acceptors (Lipinski definition) is 3. The van der Waals surface area contributed by atoms with Gasteiger partial charge in [-0.05, 0) is 0 Å². The van der Waals surface area contributed by atoms with Gasteiger partial charge in [0.2, 0.25) is 0 Å². The number of alkyl carbamates (subject to hydrolysis) is 1. The van der Waals surface area contributed by atoms with E-state index in [2.05, 4.69) is 10.1 Å². The first-order valence-electron chi connectivity index (χ1n) is 4.17. The van der Waals surface area contributed by atoms with Gasteiger partial charge in [0, 0.05) is 28.9 Å². The van der Waals surface area contributed by atoms with Gasteiger partial charge < -0.3 is 10.1 Å². The number of carbonyl (C=O) groups excluding carboxylic acids is 1. The van der Waals surface area contributed by atoms with Crippen LogP contribution in [0.5, 0.6) is 0 Å². The van der Waals surface area contributed by atoms with Gasteiger partial charge in [0.15, 0.2) is 6.61 Å². The average molecular weight is 247 g/mol. The average Bonchev–Trinajstić information content (AvgIpc) is 2.13. The van der Waals surface area contributed by atoms with Gasteiger partial charge in [-0.3, -0.25) is 4.21 Å². The minimum atomic E-state index is -4.52. The zero-order chi connectivity index (χ0) is 11.9. The number of halogens is 3. The number of hydrogen-bond donors (Lipinski definition) is 1. The lowest BCUT2D eigenvalue weighted by molar-refractivity contribution is -0.160. The molecule has 0 saturated carbocycles. The molecule has 1 atom stereocenters. The lowest BCUT2D eigenvalue weighted by atomic mass is 10.7. The molecule has 4 nitrogen and oxygen atoms in total. The van der Waals surface area contributed by atoms with Crippen molar-refractivity contribution in [3.8, 4) is 0 Å². The first-order valence-corrected chi connectivity index (χ1v) is 5.66. The molecular weight excluding hydrogens is 235 g/mol. The van der Waals surface area contributed by atoms with Gasteiger partial charge in [-0.2, -0.15) is 13.2 Å². The fourth-order valence-corrected chi connectivity index (χ4v) is 1.23. The quantitative estimate of drug-likeness (QED) is 0.789. The molecule has 0 aromatic rings. The number of rotatable bonds is 5. The van der Waals surface area contributed by atoms with Crippen molar-refractivity contribution in [1.82, 2.24) is 5.32 Å². The molecule has 1 N–H and O–H groups in total. The molecule has 0 aliphatic heterocycles. The van der Waals surface area contributed by atoms with Gasteiger partial charge >= 0.3 is 12.3 Å². The van der Waals surface area contributed by atoms with Gasteiger partial charge in [0.1, 0.15) is 0 Å². The molecule has 0 saturated heterocycles. The summed E-state index contributed by atoms with van der Waals surface area (Å²) in [6, 6.07) is 0. The molecule has 0 spiro atoms. The zero-order valence-electron chi connectivity index (χ0n) is 8.10. The van der Waals surface area contributed by atoms with Crippen molar-refractivity contribution in [2.45, 2.75) is 13.1 Å². The summed E-state index contributed by atoms with van der Waals surface area (Å²) in [6.45, 7) is 0.130. The zero-order valence-corrected chi connectivity index (χ0v) is 8.91. The molecule has 0 rings (SSSR count). The van der Waals surface area contributed by atoms with Gasteiger partial charge in [-0.15, -0.1) is 0 Å². The van der Waals surface area contributed by atoms with E-state index in [1.807, 2.05) is 0 Å². The van der Waals surface area contributed by atoms with E-state index in [-0.39, 0.29) is 12.3 Å². The van der Waals surface area contributed by atoms with Crippen molar-refractivity contribution in [2.24, 2.45) is 0 Å². The first kappa shape index (κ1) is 14.2. The highest BCUT2D eigenvalue weighted by Crippen LogP contribution is 2.14. The van der Waals surface area contributed by atoms with Crippen LogP contribution in [-0.2, 0) is 15.5 Å². The number of nitrogens with one attached hydrogen (secondary N) is 1. The molecule has 0 aliphatic rings. The molecule has 0 radical (unpaired) electrons. The van der Waals surface area contributed by atoms with Crippen LogP contribution in [0.4, 0.5) is 18.0 Å². The van der Waals surface area contributed by atoms with Crippen LogP contribution in [-0.4, -0.2) is 41.1 Å². The van der Waals surface area contributed by atoms with Crippen LogP contribution in [0.1, 0.15) is 6.92 Å². The minimum absolute atomic E-state index is 0.0388. The highest BCUT2D eigenvalue weighted by molar-refractivity contribution is 7.84. The Kier molecular flexibility index (Phi) is 6.30. The van der Waals surface area contributed by atoms with Gasteiger partial charge in [0.25, 0.3) is 0 Å². The molecule has 90 valence electrons. The van der Waals surface area contributed by atoms with E-state index in [1.54, 1.807) is 6.92 Å². The van der Waals surface area contributed by atoms with Crippen molar-refractivity contribution >= 4 is 16.9 Å². The normalized spacial score (nSPS) is 13.3. The number of ether oxygens (including phenoxy) is 1. The topological polar surface area (TPSA) is 55.4 Å². The maximum atomic E-state index is 11.6. The van der Waals surface area contributed by atoms with Crippen molar-refractivity contribution in [2.75, 3.05) is 24.7 Å². The highest BCUT2D eigenvalue weighted by Gasteiger charge is 2.29. The van der Waals surface area contributed by atoms with Crippen LogP contribution in [0, 0.1) is 0 Å². The van der Waals surface area contributed by atoms with Crippen molar-refractivity contribution < 1.29 is 26.9 Å². The Morgan fingerprint density at radius 1 is 1.47 bits per heavy atom. The summed E-state index contributed by atoms with van der Waals surface area (Å²) in [4.78, 5) is 10.6. The van der Waals surface area contributed by atoms with Crippen LogP contribution in [0.3, 0.4) is 0 Å². The number of amides is 1. The Bertz CT molecular complexity index is 232. The number of alkyl halides is 3. The second-order valence-electron chi connectivity index (χ2n) is 2.55. The maximum absolute atomic E-state index is 11.6. The van der Waals surface area contributed by atoms with E-state index in [0.29, 0.717) is 5.75 Å². The fourth-order valence-electron chi connectivity index (χ4n) is 0.610. The Morgan fingerprint density at radius 3 is 2.53 bits per heavy atom. The van der Waals surface area contributed by atoms with Crippen molar-refractivity contribution in [3.63, 3.8) is 0 Å². The third-order valence-electron chi connectivity index (χ3n) is 1.29. The first-order chi connectivity index (χ1) is 6.85. The Balaban J connectivity index is 3.54. The van der Waals surface area contributed by atoms with E-state index in [4.69, 9.17) is 0 Å². The lowest BCUT2D eigenvalue weighted by Crippen LogP contribution is -2.31. The molecule has 0 aliphatic carbocycles. The summed E-state index contributed by atoms with van der Waals surface area (Å²) in [5, 5.41) is 2.07. The third kappa shape index (κ3) is 9.51. The summed E-state index contributed by atoms with van der Waals surface area (Å²) >= 11 is 0. The summed E-state index contributed by atoms with van der Waals surface area (Å²) in [7, 11) is -1.06. The summed E-state index contributed by atoms with van der Waals surface area (Å²) < 4.78 is 49.4.